The quantitative estimate of drug-likeness (QED) is 0.833. The van der Waals surface area contributed by atoms with E-state index in [-0.39, 0.29) is 0 Å². The van der Waals surface area contributed by atoms with Crippen LogP contribution in [0.5, 0.6) is 5.75 Å². The average Bonchev–Trinajstić information content (AvgIpc) is 2.37. The SMILES string of the molecule is COc1c(C)c(C)c(Br)c(C)c1CC/C=C/C(=O)O. The fraction of sp³-hybridized carbons (Fsp3) is 0.400. The second kappa shape index (κ2) is 6.75. The second-order valence-electron chi connectivity index (χ2n) is 4.48. The molecular formula is C15H19BrO3. The highest BCUT2D eigenvalue weighted by Gasteiger charge is 2.15. The van der Waals surface area contributed by atoms with E-state index in [1.807, 2.05) is 6.92 Å². The minimum absolute atomic E-state index is 0.679. The summed E-state index contributed by atoms with van der Waals surface area (Å²) in [6.45, 7) is 6.15. The number of ether oxygens (including phenoxy) is 1. The minimum Gasteiger partial charge on any atom is -0.496 e. The molecule has 104 valence electrons. The summed E-state index contributed by atoms with van der Waals surface area (Å²) in [6, 6.07) is 0. The summed E-state index contributed by atoms with van der Waals surface area (Å²) < 4.78 is 6.61. The lowest BCUT2D eigenvalue weighted by Gasteiger charge is -2.18. The molecule has 0 amide bonds. The summed E-state index contributed by atoms with van der Waals surface area (Å²) in [4.78, 5) is 10.4. The van der Waals surface area contributed by atoms with E-state index in [9.17, 15) is 4.79 Å². The molecule has 0 saturated carbocycles. The third kappa shape index (κ3) is 3.60. The summed E-state index contributed by atoms with van der Waals surface area (Å²) in [5.74, 6) is -0.00752. The smallest absolute Gasteiger partial charge is 0.327 e. The first-order valence-electron chi connectivity index (χ1n) is 6.11. The number of rotatable bonds is 5. The molecule has 19 heavy (non-hydrogen) atoms. The molecule has 0 aliphatic rings. The van der Waals surface area contributed by atoms with E-state index in [0.29, 0.717) is 6.42 Å². The number of carboxylic acids is 1. The maximum atomic E-state index is 10.4. The minimum atomic E-state index is -0.912. The maximum absolute atomic E-state index is 10.4. The van der Waals surface area contributed by atoms with Gasteiger partial charge in [0.1, 0.15) is 5.75 Å². The summed E-state index contributed by atoms with van der Waals surface area (Å²) >= 11 is 3.61. The average molecular weight is 327 g/mol. The Morgan fingerprint density at radius 2 is 1.89 bits per heavy atom. The van der Waals surface area contributed by atoms with Crippen molar-refractivity contribution in [3.8, 4) is 5.75 Å². The van der Waals surface area contributed by atoms with E-state index in [0.717, 1.165) is 33.3 Å². The summed E-state index contributed by atoms with van der Waals surface area (Å²) in [7, 11) is 1.67. The van der Waals surface area contributed by atoms with Crippen LogP contribution in [0.1, 0.15) is 28.7 Å². The van der Waals surface area contributed by atoms with Gasteiger partial charge in [0.25, 0.3) is 0 Å². The van der Waals surface area contributed by atoms with Gasteiger partial charge < -0.3 is 9.84 Å². The van der Waals surface area contributed by atoms with E-state index < -0.39 is 5.97 Å². The van der Waals surface area contributed by atoms with Gasteiger partial charge in [-0.1, -0.05) is 22.0 Å². The van der Waals surface area contributed by atoms with Gasteiger partial charge in [-0.25, -0.2) is 4.79 Å². The van der Waals surface area contributed by atoms with Gasteiger partial charge in [0.15, 0.2) is 0 Å². The van der Waals surface area contributed by atoms with Crippen LogP contribution in [0.2, 0.25) is 0 Å². The van der Waals surface area contributed by atoms with E-state index in [4.69, 9.17) is 9.84 Å². The molecule has 0 fully saturated rings. The normalized spacial score (nSPS) is 11.0. The fourth-order valence-corrected chi connectivity index (χ4v) is 2.67. The number of hydrogen-bond acceptors (Lipinski definition) is 2. The number of benzene rings is 1. The Morgan fingerprint density at radius 1 is 1.26 bits per heavy atom. The Bertz CT molecular complexity index is 519. The van der Waals surface area contributed by atoms with Gasteiger partial charge in [0, 0.05) is 10.5 Å². The zero-order chi connectivity index (χ0) is 14.6. The molecule has 1 aromatic rings. The highest BCUT2D eigenvalue weighted by Crippen LogP contribution is 2.36. The van der Waals surface area contributed by atoms with Crippen molar-refractivity contribution in [2.45, 2.75) is 33.6 Å². The molecule has 0 radical (unpaired) electrons. The zero-order valence-corrected chi connectivity index (χ0v) is 13.3. The molecule has 0 bridgehead atoms. The van der Waals surface area contributed by atoms with Crippen molar-refractivity contribution in [1.82, 2.24) is 0 Å². The number of hydrogen-bond donors (Lipinski definition) is 1. The van der Waals surface area contributed by atoms with Crippen LogP contribution in [-0.2, 0) is 11.2 Å². The standard InChI is InChI=1S/C15H19BrO3/c1-9-10(2)15(19-4)12(11(3)14(9)16)7-5-6-8-13(17)18/h6,8H,5,7H2,1-4H3,(H,17,18)/b8-6+. The molecule has 0 aromatic heterocycles. The van der Waals surface area contributed by atoms with Gasteiger partial charge in [-0.2, -0.15) is 0 Å². The molecular weight excluding hydrogens is 308 g/mol. The highest BCUT2D eigenvalue weighted by molar-refractivity contribution is 9.10. The van der Waals surface area contributed by atoms with Crippen molar-refractivity contribution in [2.75, 3.05) is 7.11 Å². The molecule has 0 atom stereocenters. The lowest BCUT2D eigenvalue weighted by molar-refractivity contribution is -0.131. The first kappa shape index (κ1) is 15.8. The van der Waals surface area contributed by atoms with Crippen LogP contribution in [0.4, 0.5) is 0 Å². The van der Waals surface area contributed by atoms with Crippen molar-refractivity contribution < 1.29 is 14.6 Å². The molecule has 0 saturated heterocycles. The lowest BCUT2D eigenvalue weighted by Crippen LogP contribution is -2.02. The van der Waals surface area contributed by atoms with E-state index >= 15 is 0 Å². The molecule has 0 heterocycles. The van der Waals surface area contributed by atoms with Crippen molar-refractivity contribution >= 4 is 21.9 Å². The van der Waals surface area contributed by atoms with Crippen LogP contribution in [0.3, 0.4) is 0 Å². The first-order valence-corrected chi connectivity index (χ1v) is 6.91. The number of methoxy groups -OCH3 is 1. The Labute approximate surface area is 122 Å². The fourth-order valence-electron chi connectivity index (χ4n) is 2.13. The van der Waals surface area contributed by atoms with Gasteiger partial charge in [-0.05, 0) is 55.9 Å². The van der Waals surface area contributed by atoms with E-state index in [1.165, 1.54) is 11.6 Å². The topological polar surface area (TPSA) is 46.5 Å². The molecule has 0 unspecified atom stereocenters. The first-order chi connectivity index (χ1) is 8.90. The summed E-state index contributed by atoms with van der Waals surface area (Å²) in [5, 5.41) is 8.57. The molecule has 0 spiro atoms. The third-order valence-corrected chi connectivity index (χ3v) is 4.50. The molecule has 1 N–H and O–H groups in total. The Hall–Kier alpha value is -1.29. The molecule has 3 nitrogen and oxygen atoms in total. The molecule has 0 aliphatic carbocycles. The number of carboxylic acid groups (broad SMARTS) is 1. The number of aliphatic carboxylic acids is 1. The van der Waals surface area contributed by atoms with Gasteiger partial charge in [-0.15, -0.1) is 0 Å². The third-order valence-electron chi connectivity index (χ3n) is 3.31. The number of allylic oxidation sites excluding steroid dienone is 1. The van der Waals surface area contributed by atoms with Gasteiger partial charge >= 0.3 is 5.97 Å². The Kier molecular flexibility index (Phi) is 5.60. The van der Waals surface area contributed by atoms with Crippen LogP contribution in [0, 0.1) is 20.8 Å². The number of carbonyl (C=O) groups is 1. The molecule has 1 rings (SSSR count). The van der Waals surface area contributed by atoms with Gasteiger partial charge in [0.2, 0.25) is 0 Å². The maximum Gasteiger partial charge on any atom is 0.327 e. The predicted molar refractivity (Wildman–Crippen MR) is 80.0 cm³/mol. The summed E-state index contributed by atoms with van der Waals surface area (Å²) in [5.41, 5.74) is 4.59. The van der Waals surface area contributed by atoms with Crippen LogP contribution in [-0.4, -0.2) is 18.2 Å². The molecule has 1 aromatic carbocycles. The van der Waals surface area contributed by atoms with Gasteiger partial charge in [-0.3, -0.25) is 0 Å². The largest absolute Gasteiger partial charge is 0.496 e. The predicted octanol–water partition coefficient (Wildman–Crippen LogP) is 3.96. The highest BCUT2D eigenvalue weighted by atomic mass is 79.9. The number of halogens is 1. The Balaban J connectivity index is 3.09. The Morgan fingerprint density at radius 3 is 2.42 bits per heavy atom. The summed E-state index contributed by atoms with van der Waals surface area (Å²) in [6.07, 6.45) is 4.29. The van der Waals surface area contributed by atoms with Crippen molar-refractivity contribution in [1.29, 1.82) is 0 Å². The van der Waals surface area contributed by atoms with Crippen molar-refractivity contribution in [3.05, 3.63) is 38.9 Å². The monoisotopic (exact) mass is 326 g/mol. The molecule has 0 aliphatic heterocycles. The van der Waals surface area contributed by atoms with Crippen LogP contribution in [0.15, 0.2) is 16.6 Å². The zero-order valence-electron chi connectivity index (χ0n) is 11.7. The van der Waals surface area contributed by atoms with E-state index in [1.54, 1.807) is 13.2 Å². The second-order valence-corrected chi connectivity index (χ2v) is 5.27. The lowest BCUT2D eigenvalue weighted by atomic mass is 9.96. The van der Waals surface area contributed by atoms with Crippen molar-refractivity contribution in [3.63, 3.8) is 0 Å². The van der Waals surface area contributed by atoms with Gasteiger partial charge in [0.05, 0.1) is 7.11 Å². The van der Waals surface area contributed by atoms with E-state index in [2.05, 4.69) is 29.8 Å². The van der Waals surface area contributed by atoms with Crippen molar-refractivity contribution in [2.24, 2.45) is 0 Å². The van der Waals surface area contributed by atoms with Crippen LogP contribution < -0.4 is 4.74 Å². The molecule has 4 heteroatoms. The van der Waals surface area contributed by atoms with Crippen LogP contribution >= 0.6 is 15.9 Å². The van der Waals surface area contributed by atoms with Crippen LogP contribution in [0.25, 0.3) is 0 Å².